The van der Waals surface area contributed by atoms with Crippen LogP contribution in [0.4, 0.5) is 0 Å². The molecule has 0 amide bonds. The van der Waals surface area contributed by atoms with Gasteiger partial charge in [0.15, 0.2) is 5.96 Å². The molecule has 2 atom stereocenters. The van der Waals surface area contributed by atoms with Crippen LogP contribution in [-0.4, -0.2) is 61.9 Å². The molecule has 2 unspecified atom stereocenters. The number of nitrogens with zero attached hydrogens (tertiary/aromatic N) is 2. The highest BCUT2D eigenvalue weighted by molar-refractivity contribution is 7.10. The molecule has 2 aromatic rings. The summed E-state index contributed by atoms with van der Waals surface area (Å²) in [6.07, 6.45) is 0. The van der Waals surface area contributed by atoms with Crippen LogP contribution in [0.5, 0.6) is 0 Å². The van der Waals surface area contributed by atoms with E-state index in [4.69, 9.17) is 4.74 Å². The first-order chi connectivity index (χ1) is 13.6. The van der Waals surface area contributed by atoms with Crippen LogP contribution < -0.4 is 10.6 Å². The Morgan fingerprint density at radius 2 is 2.00 bits per heavy atom. The fraction of sp³-hybridized carbons (Fsp3) is 0.550. The molecule has 8 heteroatoms. The minimum atomic E-state index is -0.964. The molecular weight excluding hydrogens is 392 g/mol. The number of hydrogen-bond acceptors (Lipinski definition) is 6. The Morgan fingerprint density at radius 3 is 2.64 bits per heavy atom. The van der Waals surface area contributed by atoms with Gasteiger partial charge >= 0.3 is 0 Å². The van der Waals surface area contributed by atoms with Crippen molar-refractivity contribution in [3.8, 4) is 0 Å². The quantitative estimate of drug-likeness (QED) is 0.451. The Bertz CT molecular complexity index is 711. The Hall–Kier alpha value is -1.45. The average Bonchev–Trinajstić information content (AvgIpc) is 3.41. The van der Waals surface area contributed by atoms with Gasteiger partial charge in [-0.2, -0.15) is 0 Å². The number of morpholine rings is 1. The van der Waals surface area contributed by atoms with Gasteiger partial charge in [-0.1, -0.05) is 12.1 Å². The van der Waals surface area contributed by atoms with Crippen LogP contribution in [-0.2, 0) is 10.3 Å². The number of aliphatic hydroxyl groups is 1. The van der Waals surface area contributed by atoms with Crippen molar-refractivity contribution >= 4 is 28.6 Å². The lowest BCUT2D eigenvalue weighted by molar-refractivity contribution is 0.0177. The second-order valence-electron chi connectivity index (χ2n) is 7.01. The lowest BCUT2D eigenvalue weighted by atomic mass is 10.1. The molecule has 0 spiro atoms. The lowest BCUT2D eigenvalue weighted by Gasteiger charge is -2.34. The second-order valence-corrected chi connectivity index (χ2v) is 8.93. The van der Waals surface area contributed by atoms with Crippen LogP contribution in [0.25, 0.3) is 0 Å². The summed E-state index contributed by atoms with van der Waals surface area (Å²) in [6, 6.07) is 8.48. The van der Waals surface area contributed by atoms with E-state index in [2.05, 4.69) is 38.0 Å². The molecule has 3 heterocycles. The molecule has 0 bridgehead atoms. The van der Waals surface area contributed by atoms with Gasteiger partial charge in [0.2, 0.25) is 0 Å². The van der Waals surface area contributed by atoms with Crippen molar-refractivity contribution in [1.29, 1.82) is 0 Å². The van der Waals surface area contributed by atoms with Gasteiger partial charge in [0.25, 0.3) is 0 Å². The fourth-order valence-corrected chi connectivity index (χ4v) is 4.85. The number of rotatable bonds is 8. The van der Waals surface area contributed by atoms with Gasteiger partial charge in [-0.3, -0.25) is 4.90 Å². The van der Waals surface area contributed by atoms with E-state index in [1.54, 1.807) is 22.7 Å². The van der Waals surface area contributed by atoms with Crippen LogP contribution in [0.2, 0.25) is 0 Å². The maximum absolute atomic E-state index is 10.8. The third-order valence-corrected chi connectivity index (χ3v) is 6.86. The Kier molecular flexibility index (Phi) is 7.87. The third-order valence-electron chi connectivity index (χ3n) is 4.76. The van der Waals surface area contributed by atoms with Crippen LogP contribution in [0.15, 0.2) is 40.0 Å². The number of nitrogens with one attached hydrogen (secondary N) is 2. The van der Waals surface area contributed by atoms with Crippen molar-refractivity contribution in [2.24, 2.45) is 4.99 Å². The van der Waals surface area contributed by atoms with Crippen molar-refractivity contribution in [2.45, 2.75) is 25.5 Å². The average molecular weight is 423 g/mol. The first-order valence-corrected chi connectivity index (χ1v) is 11.5. The number of thiophene rings is 2. The maximum atomic E-state index is 10.8. The van der Waals surface area contributed by atoms with Crippen molar-refractivity contribution in [2.75, 3.05) is 45.9 Å². The van der Waals surface area contributed by atoms with Crippen LogP contribution in [0.1, 0.15) is 29.6 Å². The van der Waals surface area contributed by atoms with E-state index in [9.17, 15) is 5.11 Å². The maximum Gasteiger partial charge on any atom is 0.191 e. The highest BCUT2D eigenvalue weighted by Gasteiger charge is 2.25. The van der Waals surface area contributed by atoms with Gasteiger partial charge in [0.05, 0.1) is 25.8 Å². The number of hydrogen-bond donors (Lipinski definition) is 3. The summed E-state index contributed by atoms with van der Waals surface area (Å²) in [7, 11) is 0. The summed E-state index contributed by atoms with van der Waals surface area (Å²) in [4.78, 5) is 9.39. The first-order valence-electron chi connectivity index (χ1n) is 9.74. The van der Waals surface area contributed by atoms with Gasteiger partial charge in [-0.25, -0.2) is 4.99 Å². The van der Waals surface area contributed by atoms with Crippen LogP contribution in [0.3, 0.4) is 0 Å². The second kappa shape index (κ2) is 10.4. The summed E-state index contributed by atoms with van der Waals surface area (Å²) in [5.74, 6) is 0.731. The largest absolute Gasteiger partial charge is 0.383 e. The minimum Gasteiger partial charge on any atom is -0.383 e. The fourth-order valence-electron chi connectivity index (χ4n) is 3.21. The van der Waals surface area contributed by atoms with Gasteiger partial charge in [0, 0.05) is 35.9 Å². The zero-order chi connectivity index (χ0) is 19.8. The molecule has 2 aromatic heterocycles. The zero-order valence-corrected chi connectivity index (χ0v) is 18.2. The third kappa shape index (κ3) is 5.78. The van der Waals surface area contributed by atoms with Crippen molar-refractivity contribution < 1.29 is 9.84 Å². The normalized spacial score (nSPS) is 19.2. The molecule has 0 saturated carbocycles. The molecule has 28 heavy (non-hydrogen) atoms. The van der Waals surface area contributed by atoms with E-state index in [1.165, 1.54) is 4.88 Å². The van der Waals surface area contributed by atoms with Gasteiger partial charge in [-0.15, -0.1) is 22.7 Å². The molecule has 1 fully saturated rings. The van der Waals surface area contributed by atoms with Crippen LogP contribution >= 0.6 is 22.7 Å². The number of aliphatic imine (C=N–C) groups is 1. The molecule has 1 aliphatic heterocycles. The molecule has 6 nitrogen and oxygen atoms in total. The smallest absolute Gasteiger partial charge is 0.191 e. The highest BCUT2D eigenvalue weighted by atomic mass is 32.1. The molecule has 0 aromatic carbocycles. The van der Waals surface area contributed by atoms with Crippen molar-refractivity contribution in [1.82, 2.24) is 15.5 Å². The standard InChI is InChI=1S/C20H30N4O2S2/c1-3-21-19(23-15-20(2,25)18-7-5-13-28-18)22-14-16(17-6-4-12-27-17)24-8-10-26-11-9-24/h4-7,12-13,16,25H,3,8-11,14-15H2,1-2H3,(H2,21,22,23). The van der Waals surface area contributed by atoms with E-state index < -0.39 is 5.60 Å². The Labute approximate surface area is 175 Å². The van der Waals surface area contributed by atoms with Gasteiger partial charge < -0.3 is 20.5 Å². The minimum absolute atomic E-state index is 0.283. The van der Waals surface area contributed by atoms with Crippen LogP contribution in [0, 0.1) is 0 Å². The van der Waals surface area contributed by atoms with E-state index in [0.29, 0.717) is 6.54 Å². The van der Waals surface area contributed by atoms with E-state index in [1.807, 2.05) is 31.4 Å². The van der Waals surface area contributed by atoms with E-state index in [0.717, 1.165) is 50.2 Å². The van der Waals surface area contributed by atoms with Gasteiger partial charge in [0.1, 0.15) is 5.60 Å². The molecule has 1 aliphatic rings. The molecule has 0 radical (unpaired) electrons. The van der Waals surface area contributed by atoms with E-state index >= 15 is 0 Å². The molecule has 1 saturated heterocycles. The van der Waals surface area contributed by atoms with Crippen molar-refractivity contribution in [3.63, 3.8) is 0 Å². The summed E-state index contributed by atoms with van der Waals surface area (Å²) in [5.41, 5.74) is -0.964. The zero-order valence-electron chi connectivity index (χ0n) is 16.6. The van der Waals surface area contributed by atoms with Crippen molar-refractivity contribution in [3.05, 3.63) is 44.8 Å². The first kappa shape index (κ1) is 21.3. The monoisotopic (exact) mass is 422 g/mol. The lowest BCUT2D eigenvalue weighted by Crippen LogP contribution is -2.46. The van der Waals surface area contributed by atoms with E-state index in [-0.39, 0.29) is 6.04 Å². The summed E-state index contributed by atoms with van der Waals surface area (Å²) in [5, 5.41) is 21.6. The number of guanidine groups is 1. The summed E-state index contributed by atoms with van der Waals surface area (Å²) >= 11 is 3.34. The predicted octanol–water partition coefficient (Wildman–Crippen LogP) is 2.65. The molecular formula is C20H30N4O2S2. The summed E-state index contributed by atoms with van der Waals surface area (Å²) in [6.45, 7) is 9.13. The van der Waals surface area contributed by atoms with Gasteiger partial charge in [-0.05, 0) is 36.7 Å². The molecule has 0 aliphatic carbocycles. The Morgan fingerprint density at radius 1 is 1.25 bits per heavy atom. The predicted molar refractivity (Wildman–Crippen MR) is 117 cm³/mol. The topological polar surface area (TPSA) is 69.1 Å². The molecule has 3 N–H and O–H groups in total. The highest BCUT2D eigenvalue weighted by Crippen LogP contribution is 2.26. The number of ether oxygens (including phenoxy) is 1. The molecule has 154 valence electrons. The molecule has 3 rings (SSSR count). The summed E-state index contributed by atoms with van der Waals surface area (Å²) < 4.78 is 5.52. The SMILES string of the molecule is CCNC(=NCC(C)(O)c1cccs1)NCC(c1cccs1)N1CCOCC1. The Balaban J connectivity index is 1.66.